The first-order chi connectivity index (χ1) is 12.3. The predicted molar refractivity (Wildman–Crippen MR) is 105 cm³/mol. The van der Waals surface area contributed by atoms with Crippen LogP contribution in [0.25, 0.3) is 10.2 Å². The monoisotopic (exact) mass is 387 g/mol. The smallest absolute Gasteiger partial charge is 0.262 e. The standard InChI is InChI=1S/C18H17N3O3S2/c1-10(22)12-5-4-6-13(7-12)20-15(23)9-25-16-8-14-17(26-16)19-11(2)21(3)18(14)24/h4-8H,9H2,1-3H3,(H,20,23). The number of aryl methyl sites for hydroxylation is 1. The molecule has 0 aliphatic carbocycles. The molecule has 26 heavy (non-hydrogen) atoms. The van der Waals surface area contributed by atoms with Crippen LogP contribution in [0.15, 0.2) is 39.3 Å². The number of Topliss-reactive ketones (excluding diaryl/α,β-unsaturated/α-hetero) is 1. The molecule has 3 rings (SSSR count). The number of fused-ring (bicyclic) bond motifs is 1. The Morgan fingerprint density at radius 2 is 2.08 bits per heavy atom. The zero-order valence-corrected chi connectivity index (χ0v) is 16.2. The van der Waals surface area contributed by atoms with E-state index in [0.717, 1.165) is 4.21 Å². The van der Waals surface area contributed by atoms with E-state index in [9.17, 15) is 14.4 Å². The molecule has 0 saturated carbocycles. The molecule has 0 fully saturated rings. The van der Waals surface area contributed by atoms with Gasteiger partial charge in [-0.3, -0.25) is 19.0 Å². The van der Waals surface area contributed by atoms with E-state index in [2.05, 4.69) is 10.3 Å². The largest absolute Gasteiger partial charge is 0.325 e. The van der Waals surface area contributed by atoms with Gasteiger partial charge < -0.3 is 5.32 Å². The molecule has 0 atom stereocenters. The fourth-order valence-electron chi connectivity index (χ4n) is 2.37. The Bertz CT molecular complexity index is 1070. The van der Waals surface area contributed by atoms with E-state index >= 15 is 0 Å². The Hall–Kier alpha value is -2.45. The van der Waals surface area contributed by atoms with Crippen molar-refractivity contribution in [3.63, 3.8) is 0 Å². The van der Waals surface area contributed by atoms with Gasteiger partial charge in [0.15, 0.2) is 5.78 Å². The van der Waals surface area contributed by atoms with Crippen LogP contribution in [0.3, 0.4) is 0 Å². The number of hydrogen-bond acceptors (Lipinski definition) is 6. The molecule has 0 radical (unpaired) electrons. The Morgan fingerprint density at radius 1 is 1.31 bits per heavy atom. The molecule has 0 saturated heterocycles. The highest BCUT2D eigenvalue weighted by Crippen LogP contribution is 2.30. The van der Waals surface area contributed by atoms with Crippen LogP contribution in [0.1, 0.15) is 23.1 Å². The minimum Gasteiger partial charge on any atom is -0.325 e. The number of thioether (sulfide) groups is 1. The number of anilines is 1. The van der Waals surface area contributed by atoms with Gasteiger partial charge in [-0.05, 0) is 32.0 Å². The number of nitrogens with one attached hydrogen (secondary N) is 1. The second kappa shape index (κ2) is 7.43. The molecule has 0 spiro atoms. The van der Waals surface area contributed by atoms with Gasteiger partial charge in [0.1, 0.15) is 10.7 Å². The molecule has 1 aromatic carbocycles. The molecule has 1 N–H and O–H groups in total. The third kappa shape index (κ3) is 3.86. The highest BCUT2D eigenvalue weighted by Gasteiger charge is 2.12. The normalized spacial score (nSPS) is 10.9. The van der Waals surface area contributed by atoms with Gasteiger partial charge in [0.25, 0.3) is 5.56 Å². The van der Waals surface area contributed by atoms with E-state index in [-0.39, 0.29) is 23.0 Å². The minimum absolute atomic E-state index is 0.0508. The summed E-state index contributed by atoms with van der Waals surface area (Å²) < 4.78 is 2.38. The Labute approximate surface area is 158 Å². The van der Waals surface area contributed by atoms with Gasteiger partial charge in [-0.15, -0.1) is 23.1 Å². The van der Waals surface area contributed by atoms with Crippen LogP contribution in [0.4, 0.5) is 5.69 Å². The third-order valence-electron chi connectivity index (χ3n) is 3.87. The number of ketones is 1. The van der Waals surface area contributed by atoms with Gasteiger partial charge in [-0.25, -0.2) is 4.98 Å². The van der Waals surface area contributed by atoms with Gasteiger partial charge >= 0.3 is 0 Å². The molecule has 8 heteroatoms. The van der Waals surface area contributed by atoms with Crippen molar-refractivity contribution in [2.24, 2.45) is 7.05 Å². The van der Waals surface area contributed by atoms with Gasteiger partial charge in [-0.2, -0.15) is 0 Å². The molecule has 134 valence electrons. The van der Waals surface area contributed by atoms with Crippen molar-refractivity contribution in [1.29, 1.82) is 0 Å². The van der Waals surface area contributed by atoms with E-state index in [1.807, 2.05) is 0 Å². The van der Waals surface area contributed by atoms with Crippen molar-refractivity contribution in [2.45, 2.75) is 18.1 Å². The Morgan fingerprint density at radius 3 is 2.81 bits per heavy atom. The predicted octanol–water partition coefficient (Wildman–Crippen LogP) is 3.24. The van der Waals surface area contributed by atoms with Crippen molar-refractivity contribution in [3.8, 4) is 0 Å². The molecule has 0 aliphatic rings. The summed E-state index contributed by atoms with van der Waals surface area (Å²) in [6.07, 6.45) is 0. The molecule has 2 heterocycles. The highest BCUT2D eigenvalue weighted by atomic mass is 32.2. The Balaban J connectivity index is 1.69. The number of hydrogen-bond donors (Lipinski definition) is 1. The average Bonchev–Trinajstić information content (AvgIpc) is 3.01. The van der Waals surface area contributed by atoms with E-state index in [1.165, 1.54) is 34.6 Å². The lowest BCUT2D eigenvalue weighted by atomic mass is 10.1. The summed E-state index contributed by atoms with van der Waals surface area (Å²) in [5, 5.41) is 3.35. The van der Waals surface area contributed by atoms with E-state index in [0.29, 0.717) is 27.3 Å². The van der Waals surface area contributed by atoms with Crippen molar-refractivity contribution in [1.82, 2.24) is 9.55 Å². The molecule has 0 aliphatic heterocycles. The molecule has 2 aromatic heterocycles. The van der Waals surface area contributed by atoms with Crippen LogP contribution in [0, 0.1) is 6.92 Å². The first-order valence-corrected chi connectivity index (χ1v) is 9.66. The maximum Gasteiger partial charge on any atom is 0.262 e. The van der Waals surface area contributed by atoms with E-state index in [1.54, 1.807) is 44.3 Å². The van der Waals surface area contributed by atoms with E-state index in [4.69, 9.17) is 0 Å². The van der Waals surface area contributed by atoms with Crippen LogP contribution < -0.4 is 10.9 Å². The number of carbonyl (C=O) groups excluding carboxylic acids is 2. The summed E-state index contributed by atoms with van der Waals surface area (Å²) in [6.45, 7) is 3.27. The number of amides is 1. The van der Waals surface area contributed by atoms with Crippen LogP contribution in [0.5, 0.6) is 0 Å². The summed E-state index contributed by atoms with van der Waals surface area (Å²) in [4.78, 5) is 40.9. The number of nitrogens with zero attached hydrogens (tertiary/aromatic N) is 2. The quantitative estimate of drug-likeness (QED) is 0.537. The second-order valence-corrected chi connectivity index (χ2v) is 8.09. The second-order valence-electron chi connectivity index (χ2n) is 5.78. The summed E-state index contributed by atoms with van der Waals surface area (Å²) in [7, 11) is 1.69. The minimum atomic E-state index is -0.176. The zero-order chi connectivity index (χ0) is 18.8. The number of aromatic nitrogens is 2. The van der Waals surface area contributed by atoms with Gasteiger partial charge in [-0.1, -0.05) is 12.1 Å². The lowest BCUT2D eigenvalue weighted by molar-refractivity contribution is -0.113. The molecule has 1 amide bonds. The summed E-state index contributed by atoms with van der Waals surface area (Å²) in [5.74, 6) is 0.635. The van der Waals surface area contributed by atoms with E-state index < -0.39 is 0 Å². The zero-order valence-electron chi connectivity index (χ0n) is 14.5. The first-order valence-electron chi connectivity index (χ1n) is 7.86. The first kappa shape index (κ1) is 18.3. The molecule has 6 nitrogen and oxygen atoms in total. The molecule has 0 bridgehead atoms. The van der Waals surface area contributed by atoms with Crippen LogP contribution in [-0.2, 0) is 11.8 Å². The highest BCUT2D eigenvalue weighted by molar-refractivity contribution is 8.01. The Kier molecular flexibility index (Phi) is 5.24. The van der Waals surface area contributed by atoms with Crippen molar-refractivity contribution in [3.05, 3.63) is 52.1 Å². The SMILES string of the molecule is CC(=O)c1cccc(NC(=O)CSc2cc3c(=O)n(C)c(C)nc3s2)c1. The maximum atomic E-state index is 12.2. The maximum absolute atomic E-state index is 12.2. The summed E-state index contributed by atoms with van der Waals surface area (Å²) in [5.41, 5.74) is 1.06. The fraction of sp³-hybridized carbons (Fsp3) is 0.222. The van der Waals surface area contributed by atoms with Crippen LogP contribution >= 0.6 is 23.1 Å². The fourth-order valence-corrected chi connectivity index (χ4v) is 4.36. The lowest BCUT2D eigenvalue weighted by Crippen LogP contribution is -2.19. The average molecular weight is 387 g/mol. The third-order valence-corrected chi connectivity index (χ3v) is 6.11. The van der Waals surface area contributed by atoms with Gasteiger partial charge in [0.05, 0.1) is 15.3 Å². The summed E-state index contributed by atoms with van der Waals surface area (Å²) in [6, 6.07) is 8.61. The van der Waals surface area contributed by atoms with Crippen LogP contribution in [-0.4, -0.2) is 27.0 Å². The van der Waals surface area contributed by atoms with Crippen molar-refractivity contribution in [2.75, 3.05) is 11.1 Å². The summed E-state index contributed by atoms with van der Waals surface area (Å²) >= 11 is 2.76. The van der Waals surface area contributed by atoms with Crippen LogP contribution in [0.2, 0.25) is 0 Å². The lowest BCUT2D eigenvalue weighted by Gasteiger charge is -2.05. The van der Waals surface area contributed by atoms with Crippen molar-refractivity contribution < 1.29 is 9.59 Å². The number of rotatable bonds is 5. The topological polar surface area (TPSA) is 81.1 Å². The van der Waals surface area contributed by atoms with Crippen molar-refractivity contribution >= 4 is 50.7 Å². The number of thiophene rings is 1. The number of carbonyl (C=O) groups is 2. The van der Waals surface area contributed by atoms with Gasteiger partial charge in [0.2, 0.25) is 5.91 Å². The molecule has 3 aromatic rings. The number of benzene rings is 1. The molecule has 0 unspecified atom stereocenters. The van der Waals surface area contributed by atoms with Gasteiger partial charge in [0, 0.05) is 18.3 Å². The molecular formula is C18H17N3O3S2. The molecular weight excluding hydrogens is 370 g/mol.